The molecule has 0 aliphatic carbocycles. The molecule has 0 saturated carbocycles. The molecule has 0 aliphatic heterocycles. The number of nitrogens with two attached hydrogens (primary N) is 1. The number of rotatable bonds is 4. The lowest BCUT2D eigenvalue weighted by molar-refractivity contribution is -0.137. The maximum absolute atomic E-state index is 12.8. The fourth-order valence-corrected chi connectivity index (χ4v) is 1.84. The van der Waals surface area contributed by atoms with E-state index in [0.29, 0.717) is 17.1 Å². The molecular formula is C15H14F3NO2. The van der Waals surface area contributed by atoms with Gasteiger partial charge in [0, 0.05) is 5.69 Å². The quantitative estimate of drug-likeness (QED) is 0.871. The summed E-state index contributed by atoms with van der Waals surface area (Å²) in [7, 11) is 1.49. The van der Waals surface area contributed by atoms with E-state index in [4.69, 9.17) is 15.2 Å². The van der Waals surface area contributed by atoms with Gasteiger partial charge in [0.1, 0.15) is 6.61 Å². The highest BCUT2D eigenvalue weighted by Gasteiger charge is 2.33. The van der Waals surface area contributed by atoms with E-state index in [9.17, 15) is 13.2 Å². The lowest BCUT2D eigenvalue weighted by atomic mass is 10.1. The molecule has 0 atom stereocenters. The van der Waals surface area contributed by atoms with E-state index in [1.54, 1.807) is 24.3 Å². The molecule has 0 fully saturated rings. The maximum Gasteiger partial charge on any atom is 0.418 e. The highest BCUT2D eigenvalue weighted by atomic mass is 19.4. The predicted molar refractivity (Wildman–Crippen MR) is 73.2 cm³/mol. The topological polar surface area (TPSA) is 44.5 Å². The molecule has 0 amide bonds. The molecule has 2 N–H and O–H groups in total. The largest absolute Gasteiger partial charge is 0.493 e. The molecular weight excluding hydrogens is 283 g/mol. The predicted octanol–water partition coefficient (Wildman–Crippen LogP) is 3.88. The fraction of sp³-hybridized carbons (Fsp3) is 0.200. The van der Waals surface area contributed by atoms with Crippen LogP contribution in [0.1, 0.15) is 11.1 Å². The molecule has 2 aromatic rings. The number of halogens is 3. The molecule has 0 saturated heterocycles. The van der Waals surface area contributed by atoms with Crippen molar-refractivity contribution < 1.29 is 22.6 Å². The zero-order valence-corrected chi connectivity index (χ0v) is 11.3. The van der Waals surface area contributed by atoms with Gasteiger partial charge >= 0.3 is 6.18 Å². The van der Waals surface area contributed by atoms with Crippen molar-refractivity contribution in [3.63, 3.8) is 0 Å². The van der Waals surface area contributed by atoms with Crippen LogP contribution in [0.2, 0.25) is 0 Å². The Balaban J connectivity index is 2.17. The van der Waals surface area contributed by atoms with Gasteiger partial charge in [0.05, 0.1) is 12.7 Å². The van der Waals surface area contributed by atoms with E-state index < -0.39 is 11.7 Å². The molecule has 3 nitrogen and oxygen atoms in total. The van der Waals surface area contributed by atoms with Gasteiger partial charge in [0.15, 0.2) is 11.5 Å². The lowest BCUT2D eigenvalue weighted by Crippen LogP contribution is -2.10. The average Bonchev–Trinajstić information content (AvgIpc) is 2.45. The van der Waals surface area contributed by atoms with Gasteiger partial charge in [-0.25, -0.2) is 0 Å². The Morgan fingerprint density at radius 1 is 1.05 bits per heavy atom. The first-order valence-electron chi connectivity index (χ1n) is 6.13. The van der Waals surface area contributed by atoms with Crippen LogP contribution in [0, 0.1) is 0 Å². The van der Waals surface area contributed by atoms with Crippen LogP contribution in [-0.2, 0) is 12.8 Å². The Morgan fingerprint density at radius 2 is 1.71 bits per heavy atom. The first-order valence-corrected chi connectivity index (χ1v) is 6.13. The van der Waals surface area contributed by atoms with Crippen molar-refractivity contribution in [2.75, 3.05) is 12.8 Å². The van der Waals surface area contributed by atoms with Gasteiger partial charge in [0.25, 0.3) is 0 Å². The van der Waals surface area contributed by atoms with Crippen molar-refractivity contribution in [1.29, 1.82) is 0 Å². The molecule has 0 radical (unpaired) electrons. The minimum Gasteiger partial charge on any atom is -0.493 e. The first kappa shape index (κ1) is 15.0. The Kier molecular flexibility index (Phi) is 4.26. The van der Waals surface area contributed by atoms with Crippen molar-refractivity contribution in [2.24, 2.45) is 0 Å². The number of nitrogen functional groups attached to an aromatic ring is 1. The smallest absolute Gasteiger partial charge is 0.418 e. The number of benzene rings is 2. The van der Waals surface area contributed by atoms with Crippen molar-refractivity contribution in [2.45, 2.75) is 12.8 Å². The summed E-state index contributed by atoms with van der Waals surface area (Å²) >= 11 is 0. The monoisotopic (exact) mass is 297 g/mol. The molecule has 0 aromatic heterocycles. The molecule has 2 rings (SSSR count). The molecule has 0 spiro atoms. The summed E-state index contributed by atoms with van der Waals surface area (Å²) in [5, 5.41) is 0. The number of hydrogen-bond acceptors (Lipinski definition) is 3. The maximum atomic E-state index is 12.8. The second-order valence-electron chi connectivity index (χ2n) is 4.36. The fourth-order valence-electron chi connectivity index (χ4n) is 1.84. The van der Waals surface area contributed by atoms with Gasteiger partial charge in [-0.05, 0) is 29.8 Å². The van der Waals surface area contributed by atoms with Crippen LogP contribution >= 0.6 is 0 Å². The summed E-state index contributed by atoms with van der Waals surface area (Å²) < 4.78 is 48.9. The second kappa shape index (κ2) is 5.95. The Hall–Kier alpha value is -2.37. The number of para-hydroxylation sites is 2. The van der Waals surface area contributed by atoms with Gasteiger partial charge in [-0.1, -0.05) is 18.2 Å². The zero-order chi connectivity index (χ0) is 15.5. The summed E-state index contributed by atoms with van der Waals surface area (Å²) in [6, 6.07) is 10.6. The number of methoxy groups -OCH3 is 1. The summed E-state index contributed by atoms with van der Waals surface area (Å²) in [5.74, 6) is 0.981. The molecule has 6 heteroatoms. The van der Waals surface area contributed by atoms with E-state index in [0.717, 1.165) is 6.07 Å². The number of hydrogen-bond donors (Lipinski definition) is 1. The van der Waals surface area contributed by atoms with E-state index in [1.165, 1.54) is 19.2 Å². The Labute approximate surface area is 120 Å². The van der Waals surface area contributed by atoms with E-state index in [-0.39, 0.29) is 12.3 Å². The number of anilines is 1. The van der Waals surface area contributed by atoms with Gasteiger partial charge in [0.2, 0.25) is 0 Å². The van der Waals surface area contributed by atoms with Crippen LogP contribution in [0.4, 0.5) is 18.9 Å². The van der Waals surface area contributed by atoms with Crippen LogP contribution in [0.15, 0.2) is 42.5 Å². The molecule has 0 heterocycles. The van der Waals surface area contributed by atoms with Gasteiger partial charge < -0.3 is 15.2 Å². The minimum atomic E-state index is -4.48. The standard InChI is InChI=1S/C15H14F3NO2/c1-20-13-4-2-3-5-14(13)21-9-10-6-7-12(19)11(8-10)15(16,17)18/h2-8H,9,19H2,1H3. The van der Waals surface area contributed by atoms with Crippen molar-refractivity contribution in [3.05, 3.63) is 53.6 Å². The normalized spacial score (nSPS) is 11.2. The van der Waals surface area contributed by atoms with Crippen LogP contribution in [-0.4, -0.2) is 7.11 Å². The highest BCUT2D eigenvalue weighted by molar-refractivity contribution is 5.50. The Bertz CT molecular complexity index is 627. The molecule has 0 bridgehead atoms. The van der Waals surface area contributed by atoms with Crippen LogP contribution in [0.25, 0.3) is 0 Å². The van der Waals surface area contributed by atoms with E-state index >= 15 is 0 Å². The Morgan fingerprint density at radius 3 is 2.33 bits per heavy atom. The second-order valence-corrected chi connectivity index (χ2v) is 4.36. The minimum absolute atomic E-state index is 0.0102. The van der Waals surface area contributed by atoms with Gasteiger partial charge in [-0.3, -0.25) is 0 Å². The van der Waals surface area contributed by atoms with Crippen molar-refractivity contribution in [3.8, 4) is 11.5 Å². The molecule has 0 unspecified atom stereocenters. The highest BCUT2D eigenvalue weighted by Crippen LogP contribution is 2.34. The van der Waals surface area contributed by atoms with Crippen LogP contribution in [0.5, 0.6) is 11.5 Å². The van der Waals surface area contributed by atoms with Crippen molar-refractivity contribution >= 4 is 5.69 Å². The number of alkyl halides is 3. The molecule has 0 aliphatic rings. The first-order chi connectivity index (χ1) is 9.91. The van der Waals surface area contributed by atoms with Gasteiger partial charge in [-0.2, -0.15) is 13.2 Å². The summed E-state index contributed by atoms with van der Waals surface area (Å²) in [4.78, 5) is 0. The molecule has 21 heavy (non-hydrogen) atoms. The third kappa shape index (κ3) is 3.59. The molecule has 112 valence electrons. The van der Waals surface area contributed by atoms with Crippen LogP contribution < -0.4 is 15.2 Å². The average molecular weight is 297 g/mol. The zero-order valence-electron chi connectivity index (χ0n) is 11.3. The van der Waals surface area contributed by atoms with Crippen molar-refractivity contribution in [1.82, 2.24) is 0 Å². The van der Waals surface area contributed by atoms with E-state index in [2.05, 4.69) is 0 Å². The van der Waals surface area contributed by atoms with E-state index in [1.807, 2.05) is 0 Å². The lowest BCUT2D eigenvalue weighted by Gasteiger charge is -2.13. The summed E-state index contributed by atoms with van der Waals surface area (Å²) in [5.41, 5.74) is 4.56. The third-order valence-corrected chi connectivity index (χ3v) is 2.89. The van der Waals surface area contributed by atoms with Gasteiger partial charge in [-0.15, -0.1) is 0 Å². The summed E-state index contributed by atoms with van der Waals surface area (Å²) in [6.45, 7) is -0.0102. The molecule has 2 aromatic carbocycles. The summed E-state index contributed by atoms with van der Waals surface area (Å²) in [6.07, 6.45) is -4.48. The SMILES string of the molecule is COc1ccccc1OCc1ccc(N)c(C(F)(F)F)c1. The third-order valence-electron chi connectivity index (χ3n) is 2.89. The number of ether oxygens (including phenoxy) is 2. The van der Waals surface area contributed by atoms with Crippen LogP contribution in [0.3, 0.4) is 0 Å².